The fourth-order valence-corrected chi connectivity index (χ4v) is 3.11. The van der Waals surface area contributed by atoms with Crippen molar-refractivity contribution in [1.82, 2.24) is 10.3 Å². The minimum atomic E-state index is 0.516. The number of nitrogens with zero attached hydrogens (tertiary/aromatic N) is 2. The molecule has 1 aliphatic rings. The number of hydrogen-bond acceptors (Lipinski definition) is 3. The molecule has 3 nitrogen and oxygen atoms in total. The van der Waals surface area contributed by atoms with Gasteiger partial charge < -0.3 is 10.2 Å². The molecule has 1 aromatic heterocycles. The van der Waals surface area contributed by atoms with E-state index in [1.54, 1.807) is 0 Å². The van der Waals surface area contributed by atoms with Crippen LogP contribution in [0.2, 0.25) is 0 Å². The van der Waals surface area contributed by atoms with E-state index >= 15 is 0 Å². The first-order valence-electron chi connectivity index (χ1n) is 7.82. The lowest BCUT2D eigenvalue weighted by atomic mass is 9.95. The number of aryl methyl sites for hydroxylation is 1. The van der Waals surface area contributed by atoms with Gasteiger partial charge in [-0.1, -0.05) is 25.1 Å². The maximum Gasteiger partial charge on any atom is 0.0489 e. The van der Waals surface area contributed by atoms with E-state index in [0.29, 0.717) is 6.04 Å². The van der Waals surface area contributed by atoms with E-state index in [2.05, 4.69) is 59.4 Å². The monoisotopic (exact) mass is 281 g/mol. The van der Waals surface area contributed by atoms with E-state index in [1.807, 2.05) is 12.4 Å². The molecule has 3 rings (SSSR count). The molecule has 1 aromatic carbocycles. The zero-order valence-corrected chi connectivity index (χ0v) is 12.8. The number of pyridine rings is 1. The molecule has 3 heteroatoms. The minimum absolute atomic E-state index is 0.516. The van der Waals surface area contributed by atoms with E-state index in [1.165, 1.54) is 35.3 Å². The third kappa shape index (κ3) is 2.79. The van der Waals surface area contributed by atoms with Crippen LogP contribution < -0.4 is 10.2 Å². The highest BCUT2D eigenvalue weighted by molar-refractivity contribution is 5.70. The average Bonchev–Trinajstić information content (AvgIpc) is 2.53. The number of anilines is 2. The summed E-state index contributed by atoms with van der Waals surface area (Å²) < 4.78 is 0. The van der Waals surface area contributed by atoms with Crippen LogP contribution in [0.3, 0.4) is 0 Å². The molecule has 0 aliphatic carbocycles. The van der Waals surface area contributed by atoms with E-state index in [4.69, 9.17) is 0 Å². The van der Waals surface area contributed by atoms with Crippen molar-refractivity contribution >= 4 is 11.4 Å². The number of benzene rings is 1. The second-order valence-corrected chi connectivity index (χ2v) is 5.67. The number of rotatable bonds is 4. The largest absolute Gasteiger partial charge is 0.338 e. The van der Waals surface area contributed by atoms with E-state index in [9.17, 15) is 0 Å². The highest BCUT2D eigenvalue weighted by Gasteiger charge is 2.25. The Morgan fingerprint density at radius 3 is 2.95 bits per heavy atom. The SMILES string of the molecule is CCNCc1cnccc1N1c2ccccc2CCC1C. The van der Waals surface area contributed by atoms with E-state index in [0.717, 1.165) is 13.1 Å². The molecule has 1 atom stereocenters. The summed E-state index contributed by atoms with van der Waals surface area (Å²) in [6, 6.07) is 11.4. The van der Waals surface area contributed by atoms with E-state index < -0.39 is 0 Å². The van der Waals surface area contributed by atoms with Gasteiger partial charge in [0.25, 0.3) is 0 Å². The number of fused-ring (bicyclic) bond motifs is 1. The second kappa shape index (κ2) is 6.27. The summed E-state index contributed by atoms with van der Waals surface area (Å²) in [5, 5.41) is 3.42. The molecule has 0 radical (unpaired) electrons. The van der Waals surface area contributed by atoms with Crippen molar-refractivity contribution in [2.45, 2.75) is 39.3 Å². The molecule has 1 unspecified atom stereocenters. The van der Waals surface area contributed by atoms with Crippen molar-refractivity contribution < 1.29 is 0 Å². The molecular formula is C18H23N3. The second-order valence-electron chi connectivity index (χ2n) is 5.67. The maximum absolute atomic E-state index is 4.31. The molecule has 0 saturated carbocycles. The standard InChI is InChI=1S/C18H23N3/c1-3-19-12-16-13-20-11-10-18(16)21-14(2)8-9-15-6-4-5-7-17(15)21/h4-7,10-11,13-14,19H,3,8-9,12H2,1-2H3. The molecule has 0 saturated heterocycles. The first-order chi connectivity index (χ1) is 10.3. The van der Waals surface area contributed by atoms with Crippen LogP contribution >= 0.6 is 0 Å². The van der Waals surface area contributed by atoms with Crippen LogP contribution in [0.5, 0.6) is 0 Å². The third-order valence-corrected chi connectivity index (χ3v) is 4.23. The van der Waals surface area contributed by atoms with E-state index in [-0.39, 0.29) is 0 Å². The van der Waals surface area contributed by atoms with Gasteiger partial charge in [-0.15, -0.1) is 0 Å². The number of aromatic nitrogens is 1. The Bertz CT molecular complexity index is 609. The topological polar surface area (TPSA) is 28.2 Å². The van der Waals surface area contributed by atoms with Crippen molar-refractivity contribution in [3.63, 3.8) is 0 Å². The van der Waals surface area contributed by atoms with Gasteiger partial charge in [-0.2, -0.15) is 0 Å². The minimum Gasteiger partial charge on any atom is -0.338 e. The first-order valence-corrected chi connectivity index (χ1v) is 7.82. The van der Waals surface area contributed by atoms with Crippen molar-refractivity contribution in [2.75, 3.05) is 11.4 Å². The number of para-hydroxylation sites is 1. The van der Waals surface area contributed by atoms with Gasteiger partial charge in [0.15, 0.2) is 0 Å². The third-order valence-electron chi connectivity index (χ3n) is 4.23. The predicted octanol–water partition coefficient (Wildman–Crippen LogP) is 3.66. The van der Waals surface area contributed by atoms with Crippen molar-refractivity contribution in [2.24, 2.45) is 0 Å². The Kier molecular flexibility index (Phi) is 4.20. The average molecular weight is 281 g/mol. The normalized spacial score (nSPS) is 17.6. The van der Waals surface area contributed by atoms with Crippen molar-refractivity contribution in [1.29, 1.82) is 0 Å². The maximum atomic E-state index is 4.31. The van der Waals surface area contributed by atoms with Gasteiger partial charge >= 0.3 is 0 Å². The highest BCUT2D eigenvalue weighted by Crippen LogP contribution is 2.37. The lowest BCUT2D eigenvalue weighted by molar-refractivity contribution is 0.613. The molecule has 1 N–H and O–H groups in total. The summed E-state index contributed by atoms with van der Waals surface area (Å²) in [6.45, 7) is 6.29. The van der Waals surface area contributed by atoms with Gasteiger partial charge in [-0.05, 0) is 44.0 Å². The highest BCUT2D eigenvalue weighted by atomic mass is 15.2. The van der Waals surface area contributed by atoms with Crippen molar-refractivity contribution in [3.8, 4) is 0 Å². The molecule has 0 amide bonds. The van der Waals surface area contributed by atoms with Crippen LogP contribution in [0.1, 0.15) is 31.4 Å². The Morgan fingerprint density at radius 1 is 1.24 bits per heavy atom. The van der Waals surface area contributed by atoms with Crippen LogP contribution in [-0.4, -0.2) is 17.6 Å². The summed E-state index contributed by atoms with van der Waals surface area (Å²) in [7, 11) is 0. The molecule has 110 valence electrons. The van der Waals surface area contributed by atoms with Crippen molar-refractivity contribution in [3.05, 3.63) is 53.9 Å². The zero-order valence-electron chi connectivity index (χ0n) is 12.8. The molecule has 0 bridgehead atoms. The molecule has 0 fully saturated rings. The fraction of sp³-hybridized carbons (Fsp3) is 0.389. The predicted molar refractivity (Wildman–Crippen MR) is 88.0 cm³/mol. The van der Waals surface area contributed by atoms with Gasteiger partial charge in [0.05, 0.1) is 0 Å². The smallest absolute Gasteiger partial charge is 0.0489 e. The van der Waals surface area contributed by atoms with Crippen LogP contribution in [0.4, 0.5) is 11.4 Å². The first kappa shape index (κ1) is 14.1. The van der Waals surface area contributed by atoms with Crippen LogP contribution in [-0.2, 0) is 13.0 Å². The molecular weight excluding hydrogens is 258 g/mol. The van der Waals surface area contributed by atoms with Crippen LogP contribution in [0, 0.1) is 0 Å². The Hall–Kier alpha value is -1.87. The van der Waals surface area contributed by atoms with Gasteiger partial charge in [-0.3, -0.25) is 4.98 Å². The molecule has 1 aliphatic heterocycles. The fourth-order valence-electron chi connectivity index (χ4n) is 3.11. The van der Waals surface area contributed by atoms with Crippen LogP contribution in [0.25, 0.3) is 0 Å². The lowest BCUT2D eigenvalue weighted by Gasteiger charge is -2.38. The van der Waals surface area contributed by atoms with Gasteiger partial charge in [0.1, 0.15) is 0 Å². The molecule has 2 aromatic rings. The summed E-state index contributed by atoms with van der Waals surface area (Å²) in [6.07, 6.45) is 6.25. The van der Waals surface area contributed by atoms with Crippen LogP contribution in [0.15, 0.2) is 42.7 Å². The molecule has 21 heavy (non-hydrogen) atoms. The van der Waals surface area contributed by atoms with Gasteiger partial charge in [0, 0.05) is 41.9 Å². The van der Waals surface area contributed by atoms with Gasteiger partial charge in [-0.25, -0.2) is 0 Å². The summed E-state index contributed by atoms with van der Waals surface area (Å²) in [5.41, 5.74) is 5.34. The quantitative estimate of drug-likeness (QED) is 0.927. The number of nitrogens with one attached hydrogen (secondary N) is 1. The molecule has 0 spiro atoms. The molecule has 2 heterocycles. The number of hydrogen-bond donors (Lipinski definition) is 1. The Morgan fingerprint density at radius 2 is 2.10 bits per heavy atom. The Balaban J connectivity index is 2.03. The van der Waals surface area contributed by atoms with Gasteiger partial charge in [0.2, 0.25) is 0 Å². The summed E-state index contributed by atoms with van der Waals surface area (Å²) in [5.74, 6) is 0. The Labute approximate surface area is 127 Å². The zero-order chi connectivity index (χ0) is 14.7. The lowest BCUT2D eigenvalue weighted by Crippen LogP contribution is -2.34. The summed E-state index contributed by atoms with van der Waals surface area (Å²) >= 11 is 0. The summed E-state index contributed by atoms with van der Waals surface area (Å²) in [4.78, 5) is 6.79.